The number of aliphatic hydroxyl groups is 1. The van der Waals surface area contributed by atoms with Crippen LogP contribution >= 0.6 is 0 Å². The van der Waals surface area contributed by atoms with Crippen LogP contribution in [0.3, 0.4) is 0 Å². The average Bonchev–Trinajstić information content (AvgIpc) is 2.76. The highest BCUT2D eigenvalue weighted by atomic mass is 16.3. The van der Waals surface area contributed by atoms with Gasteiger partial charge in [0.05, 0.1) is 5.60 Å². The predicted octanol–water partition coefficient (Wildman–Crippen LogP) is 6.83. The molecule has 2 N–H and O–H groups in total. The minimum atomic E-state index is -0.657. The Balaban J connectivity index is 1.98. The third kappa shape index (κ3) is 4.92. The standard InChI is InChI=1S/C27H39NO/c1-4-6-7-14-20-27(29)21(3)25(22-16-10-8-11-17-22)28-26(24(27)15-5-2)23-18-12-9-13-19-23/h8-13,16-19,21,24-26,28-29H,4-7,14-15,20H2,1-3H3/t21-,24-,25+,26+,27-/m0/s1. The van der Waals surface area contributed by atoms with E-state index < -0.39 is 5.60 Å². The van der Waals surface area contributed by atoms with Crippen molar-refractivity contribution < 1.29 is 5.11 Å². The fourth-order valence-electron chi connectivity index (χ4n) is 5.38. The fraction of sp³-hybridized carbons (Fsp3) is 0.556. The molecular weight excluding hydrogens is 354 g/mol. The summed E-state index contributed by atoms with van der Waals surface area (Å²) in [4.78, 5) is 0. The van der Waals surface area contributed by atoms with Crippen molar-refractivity contribution >= 4 is 0 Å². The van der Waals surface area contributed by atoms with Crippen LogP contribution in [-0.4, -0.2) is 10.7 Å². The van der Waals surface area contributed by atoms with Gasteiger partial charge in [0.1, 0.15) is 0 Å². The summed E-state index contributed by atoms with van der Waals surface area (Å²) < 4.78 is 0. The molecule has 1 aliphatic heterocycles. The molecule has 0 spiro atoms. The first-order valence-electron chi connectivity index (χ1n) is 11.7. The zero-order valence-electron chi connectivity index (χ0n) is 18.5. The van der Waals surface area contributed by atoms with E-state index in [0.29, 0.717) is 0 Å². The molecule has 29 heavy (non-hydrogen) atoms. The van der Waals surface area contributed by atoms with Crippen LogP contribution in [0.2, 0.25) is 0 Å². The lowest BCUT2D eigenvalue weighted by molar-refractivity contribution is -0.126. The van der Waals surface area contributed by atoms with Crippen LogP contribution in [0, 0.1) is 11.8 Å². The number of hydrogen-bond donors (Lipinski definition) is 2. The van der Waals surface area contributed by atoms with Gasteiger partial charge in [-0.25, -0.2) is 0 Å². The summed E-state index contributed by atoms with van der Waals surface area (Å²) in [5, 5.41) is 16.2. The number of hydrogen-bond acceptors (Lipinski definition) is 2. The van der Waals surface area contributed by atoms with Crippen LogP contribution in [0.5, 0.6) is 0 Å². The van der Waals surface area contributed by atoms with E-state index in [-0.39, 0.29) is 23.9 Å². The molecule has 1 saturated heterocycles. The molecule has 5 atom stereocenters. The molecule has 0 aromatic heterocycles. The predicted molar refractivity (Wildman–Crippen MR) is 123 cm³/mol. The molecule has 1 fully saturated rings. The van der Waals surface area contributed by atoms with Gasteiger partial charge in [-0.05, 0) is 24.0 Å². The zero-order valence-corrected chi connectivity index (χ0v) is 18.5. The largest absolute Gasteiger partial charge is 0.389 e. The lowest BCUT2D eigenvalue weighted by Crippen LogP contribution is -2.58. The number of piperidine rings is 1. The molecule has 0 aliphatic carbocycles. The summed E-state index contributed by atoms with van der Waals surface area (Å²) in [6.07, 6.45) is 7.84. The first kappa shape index (κ1) is 22.1. The lowest BCUT2D eigenvalue weighted by Gasteiger charge is -2.53. The summed E-state index contributed by atoms with van der Waals surface area (Å²) >= 11 is 0. The van der Waals surface area contributed by atoms with Gasteiger partial charge in [-0.2, -0.15) is 0 Å². The molecule has 2 aromatic rings. The van der Waals surface area contributed by atoms with Gasteiger partial charge in [-0.15, -0.1) is 0 Å². The van der Waals surface area contributed by atoms with Gasteiger partial charge < -0.3 is 10.4 Å². The Labute approximate surface area is 177 Å². The van der Waals surface area contributed by atoms with Gasteiger partial charge in [0, 0.05) is 23.9 Å². The van der Waals surface area contributed by atoms with E-state index in [9.17, 15) is 5.11 Å². The molecule has 1 heterocycles. The molecule has 158 valence electrons. The van der Waals surface area contributed by atoms with E-state index >= 15 is 0 Å². The Morgan fingerprint density at radius 3 is 1.93 bits per heavy atom. The van der Waals surface area contributed by atoms with E-state index in [1.165, 1.54) is 30.4 Å². The van der Waals surface area contributed by atoms with Crippen molar-refractivity contribution in [3.63, 3.8) is 0 Å². The summed E-state index contributed by atoms with van der Waals surface area (Å²) in [7, 11) is 0. The van der Waals surface area contributed by atoms with Gasteiger partial charge in [-0.1, -0.05) is 114 Å². The van der Waals surface area contributed by atoms with Gasteiger partial charge in [-0.3, -0.25) is 0 Å². The Morgan fingerprint density at radius 1 is 0.793 bits per heavy atom. The van der Waals surface area contributed by atoms with E-state index in [0.717, 1.165) is 25.7 Å². The molecule has 3 rings (SSSR count). The van der Waals surface area contributed by atoms with Gasteiger partial charge in [0.2, 0.25) is 0 Å². The normalized spacial score (nSPS) is 29.7. The first-order chi connectivity index (χ1) is 14.1. The second kappa shape index (κ2) is 10.4. The minimum Gasteiger partial charge on any atom is -0.389 e. The molecule has 0 saturated carbocycles. The minimum absolute atomic E-state index is 0.158. The Morgan fingerprint density at radius 2 is 1.38 bits per heavy atom. The maximum atomic E-state index is 12.3. The molecule has 2 heteroatoms. The van der Waals surface area contributed by atoms with Crippen molar-refractivity contribution in [3.05, 3.63) is 71.8 Å². The van der Waals surface area contributed by atoms with Gasteiger partial charge in [0.25, 0.3) is 0 Å². The Bertz CT molecular complexity index is 716. The van der Waals surface area contributed by atoms with Crippen molar-refractivity contribution in [1.29, 1.82) is 0 Å². The van der Waals surface area contributed by atoms with Gasteiger partial charge in [0.15, 0.2) is 0 Å². The first-order valence-corrected chi connectivity index (χ1v) is 11.7. The SMILES string of the molecule is CCCCCC[C@]1(O)[C@@H](C)[C@H](c2ccccc2)N[C@H](c2ccccc2)[C@@H]1CCC. The van der Waals surface area contributed by atoms with E-state index in [2.05, 4.69) is 86.8 Å². The quantitative estimate of drug-likeness (QED) is 0.458. The molecule has 1 aliphatic rings. The monoisotopic (exact) mass is 393 g/mol. The Kier molecular flexibility index (Phi) is 7.91. The highest BCUT2D eigenvalue weighted by Crippen LogP contribution is 2.50. The van der Waals surface area contributed by atoms with Crippen molar-refractivity contribution in [1.82, 2.24) is 5.32 Å². The van der Waals surface area contributed by atoms with Crippen molar-refractivity contribution in [2.24, 2.45) is 11.8 Å². The Hall–Kier alpha value is -1.64. The van der Waals surface area contributed by atoms with E-state index in [4.69, 9.17) is 0 Å². The third-order valence-corrected chi connectivity index (χ3v) is 7.04. The maximum absolute atomic E-state index is 12.3. The topological polar surface area (TPSA) is 32.3 Å². The molecular formula is C27H39NO. The zero-order chi connectivity index (χ0) is 20.7. The maximum Gasteiger partial charge on any atom is 0.0737 e. The second-order valence-corrected chi connectivity index (χ2v) is 8.93. The lowest BCUT2D eigenvalue weighted by atomic mass is 9.62. The van der Waals surface area contributed by atoms with Crippen LogP contribution in [0.4, 0.5) is 0 Å². The third-order valence-electron chi connectivity index (χ3n) is 7.04. The van der Waals surface area contributed by atoms with Crippen LogP contribution in [0.1, 0.15) is 88.9 Å². The van der Waals surface area contributed by atoms with Crippen LogP contribution in [0.15, 0.2) is 60.7 Å². The van der Waals surface area contributed by atoms with Gasteiger partial charge >= 0.3 is 0 Å². The summed E-state index contributed by atoms with van der Waals surface area (Å²) in [6, 6.07) is 21.8. The summed E-state index contributed by atoms with van der Waals surface area (Å²) in [6.45, 7) is 6.75. The van der Waals surface area contributed by atoms with Crippen molar-refractivity contribution in [2.75, 3.05) is 0 Å². The molecule has 2 aromatic carbocycles. The van der Waals surface area contributed by atoms with Crippen LogP contribution < -0.4 is 5.32 Å². The molecule has 0 radical (unpaired) electrons. The number of unbranched alkanes of at least 4 members (excludes halogenated alkanes) is 3. The highest BCUT2D eigenvalue weighted by Gasteiger charge is 2.52. The van der Waals surface area contributed by atoms with E-state index in [1.54, 1.807) is 0 Å². The molecule has 2 nitrogen and oxygen atoms in total. The average molecular weight is 394 g/mol. The van der Waals surface area contributed by atoms with Crippen LogP contribution in [-0.2, 0) is 0 Å². The van der Waals surface area contributed by atoms with Crippen molar-refractivity contribution in [3.8, 4) is 0 Å². The second-order valence-electron chi connectivity index (χ2n) is 8.93. The van der Waals surface area contributed by atoms with Crippen molar-refractivity contribution in [2.45, 2.75) is 83.4 Å². The smallest absolute Gasteiger partial charge is 0.0737 e. The highest BCUT2D eigenvalue weighted by molar-refractivity contribution is 5.28. The summed E-state index contributed by atoms with van der Waals surface area (Å²) in [5.74, 6) is 0.398. The molecule has 0 unspecified atom stereocenters. The van der Waals surface area contributed by atoms with Crippen LogP contribution in [0.25, 0.3) is 0 Å². The number of benzene rings is 2. The number of nitrogens with one attached hydrogen (secondary N) is 1. The summed E-state index contributed by atoms with van der Waals surface area (Å²) in [5.41, 5.74) is 1.92. The fourth-order valence-corrected chi connectivity index (χ4v) is 5.38. The van der Waals surface area contributed by atoms with E-state index in [1.807, 2.05) is 0 Å². The molecule has 0 amide bonds. The number of rotatable bonds is 9. The molecule has 0 bridgehead atoms.